The molecule has 0 bridgehead atoms. The van der Waals surface area contributed by atoms with E-state index in [0.717, 1.165) is 28.5 Å². The van der Waals surface area contributed by atoms with E-state index in [1.807, 2.05) is 55.5 Å². The van der Waals surface area contributed by atoms with Crippen molar-refractivity contribution in [2.45, 2.75) is 13.5 Å². The quantitative estimate of drug-likeness (QED) is 0.545. The number of amides is 2. The molecule has 26 heavy (non-hydrogen) atoms. The molecule has 2 aromatic carbocycles. The lowest BCUT2D eigenvalue weighted by Crippen LogP contribution is -2.27. The van der Waals surface area contributed by atoms with Crippen LogP contribution in [-0.4, -0.2) is 22.7 Å². The Morgan fingerprint density at radius 2 is 1.92 bits per heavy atom. The molecule has 0 N–H and O–H groups in total. The van der Waals surface area contributed by atoms with E-state index < -0.39 is 0 Å². The summed E-state index contributed by atoms with van der Waals surface area (Å²) >= 11 is 0.964. The highest BCUT2D eigenvalue weighted by molar-refractivity contribution is 8.18. The van der Waals surface area contributed by atoms with Crippen LogP contribution >= 0.6 is 11.8 Å². The van der Waals surface area contributed by atoms with E-state index in [2.05, 4.69) is 6.58 Å². The molecule has 1 aliphatic heterocycles. The van der Waals surface area contributed by atoms with Crippen LogP contribution in [0.4, 0.5) is 4.79 Å². The van der Waals surface area contributed by atoms with Gasteiger partial charge in [0.2, 0.25) is 0 Å². The van der Waals surface area contributed by atoms with E-state index in [1.54, 1.807) is 12.2 Å². The molecule has 0 atom stereocenters. The summed E-state index contributed by atoms with van der Waals surface area (Å²) in [5.41, 5.74) is 2.88. The molecule has 1 fully saturated rings. The number of carbonyl (C=O) groups is 2. The van der Waals surface area contributed by atoms with Crippen LogP contribution in [0.25, 0.3) is 6.08 Å². The number of carbonyl (C=O) groups excluding carboxylic acids is 2. The third-order valence-corrected chi connectivity index (χ3v) is 4.77. The van der Waals surface area contributed by atoms with E-state index in [0.29, 0.717) is 17.3 Å². The SMILES string of the molecule is C=CCOc1cccc(/C=C2/SC(=O)N(Cc3ccc(C)cc3)C2=O)c1. The number of hydrogen-bond donors (Lipinski definition) is 0. The van der Waals surface area contributed by atoms with Crippen molar-refractivity contribution in [3.8, 4) is 5.75 Å². The lowest BCUT2D eigenvalue weighted by molar-refractivity contribution is -0.123. The summed E-state index contributed by atoms with van der Waals surface area (Å²) in [4.78, 5) is 26.6. The molecule has 1 aliphatic rings. The van der Waals surface area contributed by atoms with Gasteiger partial charge in [0.05, 0.1) is 11.4 Å². The summed E-state index contributed by atoms with van der Waals surface area (Å²) in [5, 5.41) is -0.249. The van der Waals surface area contributed by atoms with Gasteiger partial charge in [-0.15, -0.1) is 0 Å². The molecule has 1 heterocycles. The zero-order valence-corrected chi connectivity index (χ0v) is 15.3. The van der Waals surface area contributed by atoms with E-state index in [-0.39, 0.29) is 17.7 Å². The molecular formula is C21H19NO3S. The summed E-state index contributed by atoms with van der Waals surface area (Å²) in [5.74, 6) is 0.426. The van der Waals surface area contributed by atoms with Crippen molar-refractivity contribution >= 4 is 29.0 Å². The minimum absolute atomic E-state index is 0.249. The van der Waals surface area contributed by atoms with Gasteiger partial charge in [-0.2, -0.15) is 0 Å². The lowest BCUT2D eigenvalue weighted by atomic mass is 10.1. The van der Waals surface area contributed by atoms with E-state index in [4.69, 9.17) is 4.74 Å². The Labute approximate surface area is 157 Å². The molecule has 0 unspecified atom stereocenters. The van der Waals surface area contributed by atoms with E-state index >= 15 is 0 Å². The van der Waals surface area contributed by atoms with Crippen LogP contribution in [0, 0.1) is 6.92 Å². The Bertz CT molecular complexity index is 871. The molecule has 0 radical (unpaired) electrons. The second-order valence-electron chi connectivity index (χ2n) is 5.93. The van der Waals surface area contributed by atoms with Crippen molar-refractivity contribution < 1.29 is 14.3 Å². The minimum atomic E-state index is -0.266. The fraction of sp³-hybridized carbons (Fsp3) is 0.143. The van der Waals surface area contributed by atoms with Crippen LogP contribution in [0.2, 0.25) is 0 Å². The van der Waals surface area contributed by atoms with Gasteiger partial charge in [0.15, 0.2) is 0 Å². The van der Waals surface area contributed by atoms with Gasteiger partial charge in [0, 0.05) is 0 Å². The highest BCUT2D eigenvalue weighted by atomic mass is 32.2. The van der Waals surface area contributed by atoms with Crippen LogP contribution in [0.15, 0.2) is 66.1 Å². The number of thioether (sulfide) groups is 1. The number of aryl methyl sites for hydroxylation is 1. The van der Waals surface area contributed by atoms with Crippen molar-refractivity contribution in [3.05, 3.63) is 82.8 Å². The maximum Gasteiger partial charge on any atom is 0.293 e. The van der Waals surface area contributed by atoms with Gasteiger partial charge in [0.1, 0.15) is 12.4 Å². The largest absolute Gasteiger partial charge is 0.490 e. The topological polar surface area (TPSA) is 46.6 Å². The molecule has 132 valence electrons. The number of hydrogen-bond acceptors (Lipinski definition) is 4. The van der Waals surface area contributed by atoms with Crippen molar-refractivity contribution in [1.29, 1.82) is 0 Å². The van der Waals surface area contributed by atoms with Gasteiger partial charge in [0.25, 0.3) is 11.1 Å². The fourth-order valence-corrected chi connectivity index (χ4v) is 3.35. The molecule has 5 heteroatoms. The molecule has 0 saturated carbocycles. The molecule has 0 aromatic heterocycles. The fourth-order valence-electron chi connectivity index (χ4n) is 2.51. The molecule has 2 amide bonds. The minimum Gasteiger partial charge on any atom is -0.490 e. The lowest BCUT2D eigenvalue weighted by Gasteiger charge is -2.12. The zero-order valence-electron chi connectivity index (χ0n) is 14.5. The maximum atomic E-state index is 12.6. The van der Waals surface area contributed by atoms with Gasteiger partial charge < -0.3 is 4.74 Å². The third kappa shape index (κ3) is 4.24. The second-order valence-corrected chi connectivity index (χ2v) is 6.92. The van der Waals surface area contributed by atoms with Gasteiger partial charge in [-0.1, -0.05) is 54.6 Å². The summed E-state index contributed by atoms with van der Waals surface area (Å²) in [6.45, 7) is 6.31. The first kappa shape index (κ1) is 18.0. The number of nitrogens with zero attached hydrogens (tertiary/aromatic N) is 1. The van der Waals surface area contributed by atoms with Gasteiger partial charge in [-0.05, 0) is 48.0 Å². The Morgan fingerprint density at radius 1 is 1.15 bits per heavy atom. The van der Waals surface area contributed by atoms with Crippen molar-refractivity contribution in [2.24, 2.45) is 0 Å². The monoisotopic (exact) mass is 365 g/mol. The molecule has 4 nitrogen and oxygen atoms in total. The predicted octanol–water partition coefficient (Wildman–Crippen LogP) is 4.80. The Kier molecular flexibility index (Phi) is 5.58. The van der Waals surface area contributed by atoms with Crippen LogP contribution in [0.3, 0.4) is 0 Å². The number of imide groups is 1. The Hall–Kier alpha value is -2.79. The second kappa shape index (κ2) is 8.06. The average Bonchev–Trinajstić information content (AvgIpc) is 2.89. The molecule has 0 spiro atoms. The van der Waals surface area contributed by atoms with Crippen LogP contribution < -0.4 is 4.74 Å². The third-order valence-electron chi connectivity index (χ3n) is 3.86. The van der Waals surface area contributed by atoms with Gasteiger partial charge in [-0.3, -0.25) is 14.5 Å². The molecular weight excluding hydrogens is 346 g/mol. The number of ether oxygens (including phenoxy) is 1. The average molecular weight is 365 g/mol. The van der Waals surface area contributed by atoms with Gasteiger partial charge >= 0.3 is 0 Å². The van der Waals surface area contributed by atoms with Crippen molar-refractivity contribution in [3.63, 3.8) is 0 Å². The van der Waals surface area contributed by atoms with Crippen molar-refractivity contribution in [2.75, 3.05) is 6.61 Å². The number of benzene rings is 2. The highest BCUT2D eigenvalue weighted by Crippen LogP contribution is 2.33. The molecule has 1 saturated heterocycles. The number of rotatable bonds is 6. The smallest absolute Gasteiger partial charge is 0.293 e. The maximum absolute atomic E-state index is 12.6. The standard InChI is InChI=1S/C21H19NO3S/c1-3-11-25-18-6-4-5-17(12-18)13-19-20(23)22(21(24)26-19)14-16-9-7-15(2)8-10-16/h3-10,12-13H,1,11,14H2,2H3/b19-13+. The van der Waals surface area contributed by atoms with E-state index in [9.17, 15) is 9.59 Å². The van der Waals surface area contributed by atoms with E-state index in [1.165, 1.54) is 4.90 Å². The summed E-state index contributed by atoms with van der Waals surface area (Å²) < 4.78 is 5.50. The van der Waals surface area contributed by atoms with Crippen molar-refractivity contribution in [1.82, 2.24) is 4.90 Å². The Morgan fingerprint density at radius 3 is 2.65 bits per heavy atom. The summed E-state index contributed by atoms with van der Waals surface area (Å²) in [6.07, 6.45) is 3.39. The summed E-state index contributed by atoms with van der Waals surface area (Å²) in [6, 6.07) is 15.2. The first-order chi connectivity index (χ1) is 12.6. The van der Waals surface area contributed by atoms with Crippen LogP contribution in [0.1, 0.15) is 16.7 Å². The first-order valence-corrected chi connectivity index (χ1v) is 9.03. The molecule has 2 aromatic rings. The normalized spacial score (nSPS) is 15.6. The van der Waals surface area contributed by atoms with Crippen LogP contribution in [-0.2, 0) is 11.3 Å². The highest BCUT2D eigenvalue weighted by Gasteiger charge is 2.34. The first-order valence-electron chi connectivity index (χ1n) is 8.21. The predicted molar refractivity (Wildman–Crippen MR) is 105 cm³/mol. The summed E-state index contributed by atoms with van der Waals surface area (Å²) in [7, 11) is 0. The zero-order chi connectivity index (χ0) is 18.5. The van der Waals surface area contributed by atoms with Crippen LogP contribution in [0.5, 0.6) is 5.75 Å². The molecule has 0 aliphatic carbocycles. The van der Waals surface area contributed by atoms with Gasteiger partial charge in [-0.25, -0.2) is 0 Å². The Balaban J connectivity index is 1.76. The molecule has 3 rings (SSSR count).